The zero-order valence-corrected chi connectivity index (χ0v) is 12.9. The van der Waals surface area contributed by atoms with Gasteiger partial charge < -0.3 is 10.3 Å². The maximum Gasteiger partial charge on any atom is 0.254 e. The number of halogens is 2. The molecule has 0 aliphatic rings. The van der Waals surface area contributed by atoms with Gasteiger partial charge in [0.15, 0.2) is 0 Å². The molecule has 4 rings (SSSR count). The van der Waals surface area contributed by atoms with Crippen LogP contribution in [-0.4, -0.2) is 20.9 Å². The maximum absolute atomic E-state index is 14.2. The molecule has 124 valence electrons. The molecule has 0 unspecified atom stereocenters. The Morgan fingerprint density at radius 3 is 2.88 bits per heavy atom. The topological polar surface area (TPSA) is 70.7 Å². The SMILES string of the molecule is O=C(NCc1c(F)ccc2[nH]cnc12)c1cc2cnccc2cc1F. The first-order valence-electron chi connectivity index (χ1n) is 7.55. The third-order valence-corrected chi connectivity index (χ3v) is 4.04. The summed E-state index contributed by atoms with van der Waals surface area (Å²) in [6, 6.07) is 7.23. The molecule has 0 saturated heterocycles. The number of pyridine rings is 1. The van der Waals surface area contributed by atoms with Crippen molar-refractivity contribution in [2.45, 2.75) is 6.54 Å². The summed E-state index contributed by atoms with van der Waals surface area (Å²) in [5.74, 6) is -1.76. The second-order valence-electron chi connectivity index (χ2n) is 5.56. The Bertz CT molecular complexity index is 1110. The van der Waals surface area contributed by atoms with Crippen molar-refractivity contribution in [1.29, 1.82) is 0 Å². The number of imidazole rings is 1. The van der Waals surface area contributed by atoms with Crippen LogP contribution in [-0.2, 0) is 6.54 Å². The molecule has 0 bridgehead atoms. The van der Waals surface area contributed by atoms with Crippen molar-refractivity contribution in [2.75, 3.05) is 0 Å². The molecule has 5 nitrogen and oxygen atoms in total. The van der Waals surface area contributed by atoms with Gasteiger partial charge in [0.25, 0.3) is 5.91 Å². The van der Waals surface area contributed by atoms with E-state index in [0.29, 0.717) is 21.8 Å². The molecule has 2 heterocycles. The number of carbonyl (C=O) groups is 1. The van der Waals surface area contributed by atoms with E-state index < -0.39 is 17.5 Å². The van der Waals surface area contributed by atoms with Crippen LogP contribution in [0, 0.1) is 11.6 Å². The largest absolute Gasteiger partial charge is 0.348 e. The van der Waals surface area contributed by atoms with Gasteiger partial charge in [-0.2, -0.15) is 0 Å². The Labute approximate surface area is 140 Å². The molecule has 0 aliphatic carbocycles. The van der Waals surface area contributed by atoms with E-state index in [1.54, 1.807) is 24.5 Å². The van der Waals surface area contributed by atoms with Crippen LogP contribution < -0.4 is 5.32 Å². The summed E-state index contributed by atoms with van der Waals surface area (Å²) in [6.07, 6.45) is 4.55. The monoisotopic (exact) mass is 338 g/mol. The van der Waals surface area contributed by atoms with E-state index in [9.17, 15) is 13.6 Å². The highest BCUT2D eigenvalue weighted by Crippen LogP contribution is 2.20. The molecule has 4 aromatic rings. The van der Waals surface area contributed by atoms with Crippen LogP contribution in [0.1, 0.15) is 15.9 Å². The normalized spacial score (nSPS) is 11.1. The zero-order chi connectivity index (χ0) is 17.4. The molecular formula is C18H12F2N4O. The minimum absolute atomic E-state index is 0.0998. The molecule has 2 N–H and O–H groups in total. The summed E-state index contributed by atoms with van der Waals surface area (Å²) in [4.78, 5) is 23.2. The lowest BCUT2D eigenvalue weighted by Crippen LogP contribution is -2.24. The van der Waals surface area contributed by atoms with Gasteiger partial charge in [0, 0.05) is 29.9 Å². The molecule has 1 amide bonds. The van der Waals surface area contributed by atoms with Gasteiger partial charge in [0.05, 0.1) is 22.9 Å². The Kier molecular flexibility index (Phi) is 3.61. The van der Waals surface area contributed by atoms with Gasteiger partial charge in [-0.25, -0.2) is 13.8 Å². The van der Waals surface area contributed by atoms with Crippen molar-refractivity contribution < 1.29 is 13.6 Å². The van der Waals surface area contributed by atoms with Gasteiger partial charge >= 0.3 is 0 Å². The summed E-state index contributed by atoms with van der Waals surface area (Å²) in [7, 11) is 0. The molecule has 25 heavy (non-hydrogen) atoms. The number of rotatable bonds is 3. The predicted molar refractivity (Wildman–Crippen MR) is 88.9 cm³/mol. The number of benzene rings is 2. The summed E-state index contributed by atoms with van der Waals surface area (Å²) in [6.45, 7) is -0.0998. The van der Waals surface area contributed by atoms with Crippen molar-refractivity contribution in [2.24, 2.45) is 0 Å². The number of hydrogen-bond acceptors (Lipinski definition) is 3. The molecule has 0 spiro atoms. The molecule has 0 radical (unpaired) electrons. The van der Waals surface area contributed by atoms with Crippen LogP contribution in [0.5, 0.6) is 0 Å². The lowest BCUT2D eigenvalue weighted by Gasteiger charge is -2.09. The van der Waals surface area contributed by atoms with Crippen LogP contribution in [0.4, 0.5) is 8.78 Å². The van der Waals surface area contributed by atoms with Gasteiger partial charge in [0.1, 0.15) is 11.6 Å². The summed E-state index contributed by atoms with van der Waals surface area (Å²) >= 11 is 0. The Morgan fingerprint density at radius 1 is 1.12 bits per heavy atom. The van der Waals surface area contributed by atoms with Crippen LogP contribution in [0.3, 0.4) is 0 Å². The highest BCUT2D eigenvalue weighted by atomic mass is 19.1. The quantitative estimate of drug-likeness (QED) is 0.602. The minimum Gasteiger partial charge on any atom is -0.348 e. The van der Waals surface area contributed by atoms with E-state index in [0.717, 1.165) is 0 Å². The lowest BCUT2D eigenvalue weighted by atomic mass is 10.1. The van der Waals surface area contributed by atoms with Gasteiger partial charge in [-0.05, 0) is 35.7 Å². The molecule has 0 aliphatic heterocycles. The van der Waals surface area contributed by atoms with Gasteiger partial charge in [0.2, 0.25) is 0 Å². The van der Waals surface area contributed by atoms with E-state index in [2.05, 4.69) is 20.3 Å². The van der Waals surface area contributed by atoms with Crippen LogP contribution in [0.25, 0.3) is 21.8 Å². The molecule has 7 heteroatoms. The first-order valence-corrected chi connectivity index (χ1v) is 7.55. The number of nitrogens with one attached hydrogen (secondary N) is 2. The van der Waals surface area contributed by atoms with E-state index in [1.165, 1.54) is 24.5 Å². The number of hydrogen-bond donors (Lipinski definition) is 2. The highest BCUT2D eigenvalue weighted by Gasteiger charge is 2.15. The predicted octanol–water partition coefficient (Wildman–Crippen LogP) is 3.32. The average molecular weight is 338 g/mol. The number of H-pyrrole nitrogens is 1. The van der Waals surface area contributed by atoms with E-state index in [1.807, 2.05) is 0 Å². The van der Waals surface area contributed by atoms with Crippen LogP contribution in [0.2, 0.25) is 0 Å². The fraction of sp³-hybridized carbons (Fsp3) is 0.0556. The fourth-order valence-electron chi connectivity index (χ4n) is 2.76. The van der Waals surface area contributed by atoms with Crippen molar-refractivity contribution in [3.05, 3.63) is 71.8 Å². The molecule has 0 saturated carbocycles. The number of nitrogens with zero attached hydrogens (tertiary/aromatic N) is 2. The highest BCUT2D eigenvalue weighted by molar-refractivity contribution is 5.98. The Hall–Kier alpha value is -3.35. The molecule has 2 aromatic carbocycles. The van der Waals surface area contributed by atoms with Crippen molar-refractivity contribution in [1.82, 2.24) is 20.3 Å². The fourth-order valence-corrected chi connectivity index (χ4v) is 2.76. The molecular weight excluding hydrogens is 326 g/mol. The minimum atomic E-state index is -0.644. The number of aromatic nitrogens is 3. The smallest absolute Gasteiger partial charge is 0.254 e. The lowest BCUT2D eigenvalue weighted by molar-refractivity contribution is 0.0947. The van der Waals surface area contributed by atoms with Crippen molar-refractivity contribution >= 4 is 27.7 Å². The van der Waals surface area contributed by atoms with Gasteiger partial charge in [-0.15, -0.1) is 0 Å². The third kappa shape index (κ3) is 2.69. The number of aromatic amines is 1. The molecule has 0 fully saturated rings. The Balaban J connectivity index is 1.63. The first-order chi connectivity index (χ1) is 12.1. The number of carbonyl (C=O) groups excluding carboxylic acids is 1. The summed E-state index contributed by atoms with van der Waals surface area (Å²) in [5.41, 5.74) is 1.22. The second kappa shape index (κ2) is 5.94. The van der Waals surface area contributed by atoms with Crippen LogP contribution in [0.15, 0.2) is 49.1 Å². The number of amides is 1. The molecule has 0 atom stereocenters. The van der Waals surface area contributed by atoms with Crippen molar-refractivity contribution in [3.63, 3.8) is 0 Å². The number of fused-ring (bicyclic) bond motifs is 2. The average Bonchev–Trinajstić information content (AvgIpc) is 3.08. The standard InChI is InChI=1S/C18H12F2N4O/c19-14-1-2-16-17(24-9-23-16)13(14)8-22-18(25)12-5-11-7-21-4-3-10(11)6-15(12)20/h1-7,9H,8H2,(H,22,25)(H,23,24). The zero-order valence-electron chi connectivity index (χ0n) is 12.9. The summed E-state index contributed by atoms with van der Waals surface area (Å²) in [5, 5.41) is 3.85. The second-order valence-corrected chi connectivity index (χ2v) is 5.56. The van der Waals surface area contributed by atoms with E-state index in [-0.39, 0.29) is 17.7 Å². The van der Waals surface area contributed by atoms with E-state index >= 15 is 0 Å². The maximum atomic E-state index is 14.2. The third-order valence-electron chi connectivity index (χ3n) is 4.04. The summed E-state index contributed by atoms with van der Waals surface area (Å²) < 4.78 is 28.3. The molecule has 2 aromatic heterocycles. The van der Waals surface area contributed by atoms with Crippen LogP contribution >= 0.6 is 0 Å². The van der Waals surface area contributed by atoms with Crippen molar-refractivity contribution in [3.8, 4) is 0 Å². The van der Waals surface area contributed by atoms with E-state index in [4.69, 9.17) is 0 Å². The Morgan fingerprint density at radius 2 is 2.00 bits per heavy atom. The van der Waals surface area contributed by atoms with Gasteiger partial charge in [-0.3, -0.25) is 9.78 Å². The van der Waals surface area contributed by atoms with Gasteiger partial charge in [-0.1, -0.05) is 0 Å². The first kappa shape index (κ1) is 15.2.